The summed E-state index contributed by atoms with van der Waals surface area (Å²) in [6, 6.07) is 15.3. The average Bonchev–Trinajstić information content (AvgIpc) is 3.75. The van der Waals surface area contributed by atoms with Crippen LogP contribution in [0.25, 0.3) is 10.9 Å². The Morgan fingerprint density at radius 1 is 0.629 bits per heavy atom. The number of aliphatic hydroxyl groups excluding tert-OH is 1. The van der Waals surface area contributed by atoms with Crippen molar-refractivity contribution in [3.8, 4) is 0 Å². The van der Waals surface area contributed by atoms with Gasteiger partial charge in [-0.05, 0) is 68.3 Å². The normalized spacial score (nSPS) is 14.5. The van der Waals surface area contributed by atoms with Gasteiger partial charge in [0.25, 0.3) is 0 Å². The van der Waals surface area contributed by atoms with E-state index in [0.29, 0.717) is 29.5 Å². The number of carbonyl (C=O) groups is 7. The molecule has 1 aromatic heterocycles. The minimum Gasteiger partial charge on any atom is -0.480 e. The summed E-state index contributed by atoms with van der Waals surface area (Å²) in [6.07, 6.45) is 1.06. The molecule has 0 radical (unpaired) electrons. The molecule has 1 heterocycles. The van der Waals surface area contributed by atoms with Crippen LogP contribution < -0.4 is 54.8 Å². The Kier molecular flexibility index (Phi) is 22.6. The fourth-order valence-corrected chi connectivity index (χ4v) is 7.64. The highest BCUT2D eigenvalue weighted by atomic mass is 32.1. The van der Waals surface area contributed by atoms with Gasteiger partial charge in [-0.15, -0.1) is 0 Å². The van der Waals surface area contributed by atoms with Gasteiger partial charge >= 0.3 is 5.97 Å². The maximum absolute atomic E-state index is 14.6. The molecule has 0 spiro atoms. The number of hydrogen-bond acceptors (Lipinski definition) is 12. The van der Waals surface area contributed by atoms with E-state index < -0.39 is 89.8 Å². The van der Waals surface area contributed by atoms with Crippen LogP contribution >= 0.6 is 12.6 Å². The number of thiol groups is 1. The molecular weight excluding hydrogens is 921 g/mol. The van der Waals surface area contributed by atoms with E-state index >= 15 is 0 Å². The van der Waals surface area contributed by atoms with Crippen molar-refractivity contribution in [1.29, 1.82) is 0 Å². The van der Waals surface area contributed by atoms with E-state index in [9.17, 15) is 43.8 Å². The summed E-state index contributed by atoms with van der Waals surface area (Å²) in [7, 11) is 0. The molecule has 17 N–H and O–H groups in total. The predicted molar refractivity (Wildman–Crippen MR) is 268 cm³/mol. The van der Waals surface area contributed by atoms with Gasteiger partial charge in [-0.2, -0.15) is 12.6 Å². The highest BCUT2D eigenvalue weighted by molar-refractivity contribution is 7.80. The Bertz CT molecular complexity index is 2380. The molecular formula is C48H66N12O9S. The van der Waals surface area contributed by atoms with Crippen LogP contribution in [0, 0.1) is 0 Å². The molecule has 0 aliphatic heterocycles. The molecule has 8 atom stereocenters. The second kappa shape index (κ2) is 28.5. The number of para-hydroxylation sites is 1. The van der Waals surface area contributed by atoms with Crippen LogP contribution in [0.3, 0.4) is 0 Å². The zero-order valence-electron chi connectivity index (χ0n) is 39.0. The van der Waals surface area contributed by atoms with Crippen molar-refractivity contribution in [2.24, 2.45) is 27.9 Å². The lowest BCUT2D eigenvalue weighted by Crippen LogP contribution is -2.61. The fraction of sp³-hybridized carbons (Fsp3) is 0.417. The van der Waals surface area contributed by atoms with E-state index in [-0.39, 0.29) is 63.3 Å². The summed E-state index contributed by atoms with van der Waals surface area (Å²) in [4.78, 5) is 103. The van der Waals surface area contributed by atoms with Crippen LogP contribution in [0.1, 0.15) is 55.7 Å². The van der Waals surface area contributed by atoms with E-state index in [0.717, 1.165) is 10.9 Å². The number of carboxylic acids is 1. The Balaban J connectivity index is 1.65. The minimum atomic E-state index is -1.64. The van der Waals surface area contributed by atoms with E-state index in [4.69, 9.17) is 22.9 Å². The number of benzene rings is 3. The minimum absolute atomic E-state index is 0.0124. The summed E-state index contributed by atoms with van der Waals surface area (Å²) in [6.45, 7) is 1.64. The number of nitrogens with zero attached hydrogens (tertiary/aromatic N) is 1. The lowest BCUT2D eigenvalue weighted by Gasteiger charge is -2.28. The molecule has 3 aromatic carbocycles. The van der Waals surface area contributed by atoms with Crippen molar-refractivity contribution in [2.45, 2.75) is 107 Å². The molecule has 22 heteroatoms. The zero-order valence-corrected chi connectivity index (χ0v) is 39.9. The van der Waals surface area contributed by atoms with Gasteiger partial charge in [0, 0.05) is 48.7 Å². The third kappa shape index (κ3) is 17.8. The smallest absolute Gasteiger partial charge is 0.326 e. The second-order valence-electron chi connectivity index (χ2n) is 16.8. The number of aromatic nitrogens is 1. The molecule has 0 aliphatic rings. The van der Waals surface area contributed by atoms with Crippen molar-refractivity contribution in [3.05, 3.63) is 108 Å². The van der Waals surface area contributed by atoms with Crippen LogP contribution in [0.4, 0.5) is 0 Å². The number of amides is 6. The maximum atomic E-state index is 14.6. The number of guanidine groups is 1. The first-order valence-electron chi connectivity index (χ1n) is 23.0. The number of nitrogens with one attached hydrogen (secondary N) is 7. The van der Waals surface area contributed by atoms with Crippen molar-refractivity contribution >= 4 is 70.9 Å². The molecule has 70 heavy (non-hydrogen) atoms. The number of hydrogen-bond donors (Lipinski definition) is 14. The molecule has 4 rings (SSSR count). The number of nitrogens with two attached hydrogens (primary N) is 4. The fourth-order valence-electron chi connectivity index (χ4n) is 7.47. The monoisotopic (exact) mass is 986 g/mol. The molecule has 0 unspecified atom stereocenters. The van der Waals surface area contributed by atoms with Crippen LogP contribution in [-0.4, -0.2) is 130 Å². The zero-order chi connectivity index (χ0) is 51.2. The Hall–Kier alpha value is -7.01. The Labute approximate surface area is 411 Å². The molecule has 0 saturated heterocycles. The highest BCUT2D eigenvalue weighted by Crippen LogP contribution is 2.20. The number of aliphatic imine (C=N–C) groups is 1. The summed E-state index contributed by atoms with van der Waals surface area (Å²) in [5.74, 6) is -6.35. The summed E-state index contributed by atoms with van der Waals surface area (Å²) in [5.41, 5.74) is 25.3. The number of rotatable bonds is 29. The second-order valence-corrected chi connectivity index (χ2v) is 17.2. The van der Waals surface area contributed by atoms with E-state index in [1.807, 2.05) is 18.2 Å². The standard InChI is InChI=1S/C48H66N12O9S/c1-28(61)40(46(67)59-39(47(68)69)24-30-15-6-3-7-16-30)60-43(64)35(19-10-11-21-49)56-45(66)38(25-31-26-54-34-18-9-8-17-32(31)34)58-44(65)37(23-29-13-4-2-5-14-29)57-42(63)36(20-12-22-53-48(51)52)55-41(62)33(50)27-70/h2-9,13-18,26,28,33,35-40,54,61,70H,10-12,19-25,27,49-50H2,1H3,(H,55,62)(H,56,66)(H,57,63)(H,58,65)(H,59,67)(H,60,64)(H,68,69)(H4,51,52,53)/t28-,33+,35+,36+,37+,38-,39+,40+/m1/s1. The third-order valence-electron chi connectivity index (χ3n) is 11.3. The number of aliphatic hydroxyl groups is 1. The lowest BCUT2D eigenvalue weighted by molar-refractivity contribution is -0.143. The largest absolute Gasteiger partial charge is 0.480 e. The van der Waals surface area contributed by atoms with Crippen molar-refractivity contribution in [2.75, 3.05) is 18.8 Å². The van der Waals surface area contributed by atoms with Gasteiger partial charge in [-0.25, -0.2) is 4.79 Å². The lowest BCUT2D eigenvalue weighted by atomic mass is 10.0. The first-order valence-corrected chi connectivity index (χ1v) is 23.6. The van der Waals surface area contributed by atoms with Crippen LogP contribution in [0.15, 0.2) is 96.1 Å². The number of unbranched alkanes of at least 4 members (excludes halogenated alkanes) is 1. The van der Waals surface area contributed by atoms with Gasteiger partial charge in [0.1, 0.15) is 36.3 Å². The summed E-state index contributed by atoms with van der Waals surface area (Å²) < 4.78 is 0. The molecule has 21 nitrogen and oxygen atoms in total. The average molecular weight is 987 g/mol. The maximum Gasteiger partial charge on any atom is 0.326 e. The quantitative estimate of drug-likeness (QED) is 0.0135. The molecule has 6 amide bonds. The molecule has 4 aromatic rings. The van der Waals surface area contributed by atoms with Gasteiger partial charge in [0.05, 0.1) is 12.1 Å². The van der Waals surface area contributed by atoms with Crippen molar-refractivity contribution in [3.63, 3.8) is 0 Å². The van der Waals surface area contributed by atoms with E-state index in [1.54, 1.807) is 72.9 Å². The Morgan fingerprint density at radius 2 is 1.11 bits per heavy atom. The molecule has 0 fully saturated rings. The molecule has 0 aliphatic carbocycles. The number of carbonyl (C=O) groups excluding carboxylic acids is 6. The highest BCUT2D eigenvalue weighted by Gasteiger charge is 2.35. The van der Waals surface area contributed by atoms with E-state index in [2.05, 4.69) is 54.5 Å². The number of aliphatic carboxylic acids is 1. The third-order valence-corrected chi connectivity index (χ3v) is 11.7. The first kappa shape index (κ1) is 55.6. The van der Waals surface area contributed by atoms with Gasteiger partial charge in [-0.3, -0.25) is 33.8 Å². The number of aromatic amines is 1. The van der Waals surface area contributed by atoms with Crippen molar-refractivity contribution < 1.29 is 43.8 Å². The Morgan fingerprint density at radius 3 is 1.67 bits per heavy atom. The first-order chi connectivity index (χ1) is 33.5. The summed E-state index contributed by atoms with van der Waals surface area (Å²) >= 11 is 4.10. The van der Waals surface area contributed by atoms with Crippen LogP contribution in [0.5, 0.6) is 0 Å². The van der Waals surface area contributed by atoms with Gasteiger partial charge in [-0.1, -0.05) is 78.9 Å². The van der Waals surface area contributed by atoms with E-state index in [1.165, 1.54) is 6.92 Å². The van der Waals surface area contributed by atoms with Crippen LogP contribution in [-0.2, 0) is 52.8 Å². The van der Waals surface area contributed by atoms with Crippen molar-refractivity contribution in [1.82, 2.24) is 36.9 Å². The number of carboxylic acid groups (broad SMARTS) is 1. The summed E-state index contributed by atoms with van der Waals surface area (Å²) in [5, 5.41) is 37.2. The van der Waals surface area contributed by atoms with Gasteiger partial charge in [0.15, 0.2) is 5.96 Å². The molecule has 378 valence electrons. The molecule has 0 saturated carbocycles. The van der Waals surface area contributed by atoms with Crippen LogP contribution in [0.2, 0.25) is 0 Å². The SMILES string of the molecule is C[C@@H](O)[C@H](NC(=O)[C@H](CCCCN)NC(=O)[C@@H](Cc1c[nH]c2ccccc12)NC(=O)[C@H](Cc1ccccc1)NC(=O)[C@H](CCCN=C(N)N)NC(=O)[C@@H](N)CS)C(=O)N[C@@H](Cc1ccccc1)C(=O)O. The number of H-pyrrole nitrogens is 1. The topological polar surface area (TPSA) is 364 Å². The molecule has 0 bridgehead atoms. The van der Waals surface area contributed by atoms with Gasteiger partial charge < -0.3 is 70.0 Å². The van der Waals surface area contributed by atoms with Gasteiger partial charge in [0.2, 0.25) is 35.4 Å². The number of fused-ring (bicyclic) bond motifs is 1. The predicted octanol–water partition coefficient (Wildman–Crippen LogP) is -0.990.